The highest BCUT2D eigenvalue weighted by Crippen LogP contribution is 2.34. The van der Waals surface area contributed by atoms with Crippen LogP contribution in [-0.4, -0.2) is 65.2 Å². The molecule has 0 heterocycles. The lowest BCUT2D eigenvalue weighted by Crippen LogP contribution is -2.51. The van der Waals surface area contributed by atoms with Crippen molar-refractivity contribution in [3.05, 3.63) is 53.1 Å². The summed E-state index contributed by atoms with van der Waals surface area (Å²) in [6, 6.07) is 10.7. The molecule has 0 aromatic heterocycles. The van der Waals surface area contributed by atoms with Crippen LogP contribution in [0.4, 0.5) is 5.69 Å². The van der Waals surface area contributed by atoms with Crippen LogP contribution in [0.1, 0.15) is 18.9 Å². The van der Waals surface area contributed by atoms with Crippen molar-refractivity contribution in [2.24, 2.45) is 0 Å². The molecule has 0 saturated heterocycles. The summed E-state index contributed by atoms with van der Waals surface area (Å²) in [6.07, 6.45) is 1.32. The summed E-state index contributed by atoms with van der Waals surface area (Å²) in [7, 11) is 0.447. The first kappa shape index (κ1) is 27.3. The normalized spacial score (nSPS) is 11.9. The Morgan fingerprint density at radius 3 is 2.32 bits per heavy atom. The molecule has 0 aliphatic carbocycles. The van der Waals surface area contributed by atoms with Crippen LogP contribution in [0.5, 0.6) is 11.5 Å². The zero-order valence-corrected chi connectivity index (χ0v) is 21.4. The summed E-state index contributed by atoms with van der Waals surface area (Å²) in [5, 5.41) is 3.00. The monoisotopic (exact) mass is 511 g/mol. The van der Waals surface area contributed by atoms with Gasteiger partial charge in [0.25, 0.3) is 0 Å². The molecule has 9 nitrogen and oxygen atoms in total. The Morgan fingerprint density at radius 1 is 1.12 bits per heavy atom. The number of hydrogen-bond donors (Lipinski definition) is 1. The van der Waals surface area contributed by atoms with Crippen molar-refractivity contribution in [1.29, 1.82) is 0 Å². The lowest BCUT2D eigenvalue weighted by Gasteiger charge is -2.33. The van der Waals surface area contributed by atoms with E-state index in [1.165, 1.54) is 38.3 Å². The Morgan fingerprint density at radius 2 is 1.79 bits per heavy atom. The second-order valence-corrected chi connectivity index (χ2v) is 9.77. The molecule has 0 bridgehead atoms. The van der Waals surface area contributed by atoms with E-state index in [0.29, 0.717) is 22.8 Å². The van der Waals surface area contributed by atoms with Crippen LogP contribution < -0.4 is 19.1 Å². The fourth-order valence-electron chi connectivity index (χ4n) is 3.48. The van der Waals surface area contributed by atoms with Crippen molar-refractivity contribution >= 4 is 39.1 Å². The van der Waals surface area contributed by atoms with Gasteiger partial charge in [-0.05, 0) is 30.2 Å². The lowest BCUT2D eigenvalue weighted by molar-refractivity contribution is -0.140. The second-order valence-electron chi connectivity index (χ2n) is 7.46. The number of carbonyl (C=O) groups is 2. The quantitative estimate of drug-likeness (QED) is 0.497. The number of hydrogen-bond acceptors (Lipinski definition) is 6. The molecule has 0 aliphatic heterocycles. The summed E-state index contributed by atoms with van der Waals surface area (Å²) in [4.78, 5) is 27.5. The zero-order valence-electron chi connectivity index (χ0n) is 19.9. The molecular weight excluding hydrogens is 482 g/mol. The molecule has 186 valence electrons. The van der Waals surface area contributed by atoms with Gasteiger partial charge in [-0.2, -0.15) is 0 Å². The van der Waals surface area contributed by atoms with Crippen LogP contribution in [-0.2, 0) is 26.2 Å². The number of methoxy groups -OCH3 is 2. The van der Waals surface area contributed by atoms with Gasteiger partial charge in [-0.15, -0.1) is 0 Å². The molecular formula is C23H30ClN3O6S. The van der Waals surface area contributed by atoms with E-state index in [2.05, 4.69) is 5.32 Å². The molecule has 2 aromatic carbocycles. The third-order valence-corrected chi connectivity index (χ3v) is 6.76. The van der Waals surface area contributed by atoms with Crippen LogP contribution in [0.15, 0.2) is 42.5 Å². The molecule has 0 fully saturated rings. The Hall–Kier alpha value is -2.98. The average Bonchev–Trinajstić information content (AvgIpc) is 2.82. The summed E-state index contributed by atoms with van der Waals surface area (Å²) in [5.74, 6) is -0.255. The summed E-state index contributed by atoms with van der Waals surface area (Å²) >= 11 is 6.30. The minimum Gasteiger partial charge on any atom is -0.497 e. The van der Waals surface area contributed by atoms with E-state index in [1.54, 1.807) is 37.3 Å². The number of halogens is 1. The molecule has 2 rings (SSSR count). The molecule has 0 spiro atoms. The van der Waals surface area contributed by atoms with Crippen molar-refractivity contribution in [2.45, 2.75) is 25.9 Å². The van der Waals surface area contributed by atoms with Gasteiger partial charge in [-0.3, -0.25) is 13.9 Å². The van der Waals surface area contributed by atoms with E-state index < -0.39 is 28.5 Å². The van der Waals surface area contributed by atoms with Crippen LogP contribution >= 0.6 is 11.6 Å². The molecule has 1 atom stereocenters. The fourth-order valence-corrected chi connectivity index (χ4v) is 4.53. The number of sulfonamides is 1. The number of anilines is 1. The first-order chi connectivity index (χ1) is 16.1. The predicted molar refractivity (Wildman–Crippen MR) is 132 cm³/mol. The topological polar surface area (TPSA) is 105 Å². The summed E-state index contributed by atoms with van der Waals surface area (Å²) in [6.45, 7) is 1.26. The highest BCUT2D eigenvalue weighted by molar-refractivity contribution is 7.92. The maximum atomic E-state index is 13.6. The first-order valence-electron chi connectivity index (χ1n) is 10.5. The lowest BCUT2D eigenvalue weighted by atomic mass is 10.1. The number of nitrogens with one attached hydrogen (secondary N) is 1. The van der Waals surface area contributed by atoms with Crippen LogP contribution in [0.3, 0.4) is 0 Å². The largest absolute Gasteiger partial charge is 0.497 e. The van der Waals surface area contributed by atoms with Gasteiger partial charge in [-0.1, -0.05) is 36.7 Å². The standard InChI is InChI=1S/C23H30ClN3O6S/c1-6-19(23(29)25-2)26(14-16-9-7-8-10-18(16)24)22(28)15-27(34(5,30)31)20-12-11-17(32-3)13-21(20)33-4/h7-13,19H,6,14-15H2,1-5H3,(H,25,29)/t19-/m0/s1. The van der Waals surface area contributed by atoms with E-state index in [9.17, 15) is 18.0 Å². The van der Waals surface area contributed by atoms with Gasteiger partial charge in [0.2, 0.25) is 21.8 Å². The van der Waals surface area contributed by atoms with Gasteiger partial charge in [-0.25, -0.2) is 8.42 Å². The van der Waals surface area contributed by atoms with Crippen LogP contribution in [0.25, 0.3) is 0 Å². The fraction of sp³-hybridized carbons (Fsp3) is 0.391. The van der Waals surface area contributed by atoms with E-state index in [-0.39, 0.29) is 23.9 Å². The van der Waals surface area contributed by atoms with E-state index in [0.717, 1.165) is 10.6 Å². The van der Waals surface area contributed by atoms with Gasteiger partial charge < -0.3 is 19.7 Å². The molecule has 2 aromatic rings. The predicted octanol–water partition coefficient (Wildman–Crippen LogP) is 2.68. The molecule has 0 aliphatic rings. The second kappa shape index (κ2) is 11.9. The van der Waals surface area contributed by atoms with E-state index in [4.69, 9.17) is 21.1 Å². The van der Waals surface area contributed by atoms with Crippen LogP contribution in [0.2, 0.25) is 5.02 Å². The van der Waals surface area contributed by atoms with Gasteiger partial charge in [0.1, 0.15) is 24.1 Å². The van der Waals surface area contributed by atoms with Gasteiger partial charge >= 0.3 is 0 Å². The smallest absolute Gasteiger partial charge is 0.244 e. The number of ether oxygens (including phenoxy) is 2. The molecule has 2 amide bonds. The third-order valence-electron chi connectivity index (χ3n) is 5.27. The number of carbonyl (C=O) groups excluding carboxylic acids is 2. The number of likely N-dealkylation sites (N-methyl/N-ethyl adjacent to an activating group) is 1. The Kier molecular flexibility index (Phi) is 9.57. The minimum absolute atomic E-state index is 0.0295. The van der Waals surface area contributed by atoms with Crippen molar-refractivity contribution in [1.82, 2.24) is 10.2 Å². The van der Waals surface area contributed by atoms with Gasteiger partial charge in [0.15, 0.2) is 0 Å². The Labute approximate surface area is 205 Å². The number of amides is 2. The van der Waals surface area contributed by atoms with Crippen molar-refractivity contribution in [3.63, 3.8) is 0 Å². The zero-order chi connectivity index (χ0) is 25.5. The third kappa shape index (κ3) is 6.54. The van der Waals surface area contributed by atoms with Gasteiger partial charge in [0, 0.05) is 24.7 Å². The molecule has 0 saturated carbocycles. The Balaban J connectivity index is 2.51. The van der Waals surface area contributed by atoms with Gasteiger partial charge in [0.05, 0.1) is 26.2 Å². The van der Waals surface area contributed by atoms with Crippen LogP contribution in [0, 0.1) is 0 Å². The van der Waals surface area contributed by atoms with Crippen molar-refractivity contribution < 1.29 is 27.5 Å². The minimum atomic E-state index is -3.90. The highest BCUT2D eigenvalue weighted by Gasteiger charge is 2.32. The summed E-state index contributed by atoms with van der Waals surface area (Å²) in [5.41, 5.74) is 0.803. The Bertz CT molecular complexity index is 1130. The molecule has 34 heavy (non-hydrogen) atoms. The molecule has 1 N–H and O–H groups in total. The first-order valence-corrected chi connectivity index (χ1v) is 12.7. The molecule has 11 heteroatoms. The number of benzene rings is 2. The van der Waals surface area contributed by atoms with Crippen molar-refractivity contribution in [3.8, 4) is 11.5 Å². The molecule has 0 radical (unpaired) electrons. The average molecular weight is 512 g/mol. The van der Waals surface area contributed by atoms with E-state index >= 15 is 0 Å². The molecule has 0 unspecified atom stereocenters. The maximum absolute atomic E-state index is 13.6. The number of nitrogens with zero attached hydrogens (tertiary/aromatic N) is 2. The van der Waals surface area contributed by atoms with E-state index in [1.807, 2.05) is 0 Å². The maximum Gasteiger partial charge on any atom is 0.244 e. The summed E-state index contributed by atoms with van der Waals surface area (Å²) < 4.78 is 36.9. The number of rotatable bonds is 11. The highest BCUT2D eigenvalue weighted by atomic mass is 35.5. The SMILES string of the molecule is CC[C@@H](C(=O)NC)N(Cc1ccccc1Cl)C(=O)CN(c1ccc(OC)cc1OC)S(C)(=O)=O. The van der Waals surface area contributed by atoms with Crippen molar-refractivity contribution in [2.75, 3.05) is 38.4 Å².